The minimum absolute atomic E-state index is 0.0320. The maximum atomic E-state index is 15.1. The third-order valence-corrected chi connectivity index (χ3v) is 6.38. The van der Waals surface area contributed by atoms with Crippen LogP contribution in [0.5, 0.6) is 0 Å². The smallest absolute Gasteiger partial charge is 0.282 e. The number of hydrogen-bond donors (Lipinski definition) is 1. The Morgan fingerprint density at radius 2 is 2.12 bits per heavy atom. The molecule has 1 aromatic carbocycles. The first-order valence-electron chi connectivity index (χ1n) is 11.1. The molecule has 3 aromatic rings. The van der Waals surface area contributed by atoms with Gasteiger partial charge in [-0.1, -0.05) is 6.07 Å². The summed E-state index contributed by atoms with van der Waals surface area (Å²) < 4.78 is 50.6. The molecule has 2 aromatic heterocycles. The van der Waals surface area contributed by atoms with Gasteiger partial charge in [0.05, 0.1) is 24.9 Å². The Morgan fingerprint density at radius 3 is 2.79 bits per heavy atom. The summed E-state index contributed by atoms with van der Waals surface area (Å²) in [6, 6.07) is 4.38. The molecule has 5 rings (SSSR count). The highest BCUT2D eigenvalue weighted by Gasteiger charge is 2.30. The lowest BCUT2D eigenvalue weighted by Gasteiger charge is -2.27. The maximum absolute atomic E-state index is 15.1. The van der Waals surface area contributed by atoms with Gasteiger partial charge in [-0.05, 0) is 24.1 Å². The first kappa shape index (κ1) is 22.5. The predicted molar refractivity (Wildman–Crippen MR) is 118 cm³/mol. The molecule has 1 saturated heterocycles. The zero-order valence-corrected chi connectivity index (χ0v) is 18.9. The fourth-order valence-electron chi connectivity index (χ4n) is 4.63. The molecule has 180 valence electrons. The van der Waals surface area contributed by atoms with Crippen molar-refractivity contribution in [3.63, 3.8) is 0 Å². The highest BCUT2D eigenvalue weighted by Crippen LogP contribution is 2.35. The minimum atomic E-state index is -2.77. The third-order valence-electron chi connectivity index (χ3n) is 6.38. The first-order chi connectivity index (χ1) is 16.3. The highest BCUT2D eigenvalue weighted by molar-refractivity contribution is 5.75. The lowest BCUT2D eigenvalue weighted by atomic mass is 10.0. The maximum Gasteiger partial charge on any atom is 0.282 e. The van der Waals surface area contributed by atoms with Crippen LogP contribution in [0.15, 0.2) is 24.4 Å². The summed E-state index contributed by atoms with van der Waals surface area (Å²) in [6.45, 7) is 3.73. The summed E-state index contributed by atoms with van der Waals surface area (Å²) in [7, 11) is 1.54. The number of halogens is 3. The van der Waals surface area contributed by atoms with Gasteiger partial charge in [0.2, 0.25) is 5.91 Å². The van der Waals surface area contributed by atoms with Crippen LogP contribution in [-0.4, -0.2) is 50.1 Å². The molecule has 1 unspecified atom stereocenters. The number of nitrogens with one attached hydrogen (secondary N) is 1. The number of nitrogens with zero attached hydrogens (tertiary/aromatic N) is 5. The Morgan fingerprint density at radius 1 is 1.29 bits per heavy atom. The number of rotatable bonds is 5. The second-order valence-corrected chi connectivity index (χ2v) is 8.65. The van der Waals surface area contributed by atoms with E-state index >= 15 is 4.39 Å². The number of aryl methyl sites for hydroxylation is 1. The summed E-state index contributed by atoms with van der Waals surface area (Å²) >= 11 is 0. The van der Waals surface area contributed by atoms with Gasteiger partial charge in [0, 0.05) is 56.6 Å². The van der Waals surface area contributed by atoms with Gasteiger partial charge in [0.1, 0.15) is 11.5 Å². The topological polar surface area (TPSA) is 77.2 Å². The van der Waals surface area contributed by atoms with E-state index in [1.807, 2.05) is 4.68 Å². The summed E-state index contributed by atoms with van der Waals surface area (Å²) in [5, 5.41) is 11.6. The Bertz CT molecular complexity index is 1230. The van der Waals surface area contributed by atoms with E-state index in [1.165, 1.54) is 29.9 Å². The number of anilines is 2. The van der Waals surface area contributed by atoms with E-state index < -0.39 is 17.9 Å². The van der Waals surface area contributed by atoms with Crippen molar-refractivity contribution in [1.82, 2.24) is 24.5 Å². The second-order valence-electron chi connectivity index (χ2n) is 8.65. The van der Waals surface area contributed by atoms with Crippen LogP contribution in [-0.2, 0) is 29.5 Å². The second kappa shape index (κ2) is 8.79. The predicted octanol–water partition coefficient (Wildman–Crippen LogP) is 3.97. The normalized spacial score (nSPS) is 17.9. The van der Waals surface area contributed by atoms with Crippen molar-refractivity contribution in [3.8, 4) is 11.1 Å². The summed E-state index contributed by atoms with van der Waals surface area (Å²) in [4.78, 5) is 13.7. The molecule has 2 aliphatic rings. The molecule has 0 spiro atoms. The monoisotopic (exact) mass is 474 g/mol. The minimum Gasteiger partial charge on any atom is -0.379 e. The van der Waals surface area contributed by atoms with E-state index in [2.05, 4.69) is 10.4 Å². The Labute approximate surface area is 194 Å². The lowest BCUT2D eigenvalue weighted by Crippen LogP contribution is -2.35. The Kier molecular flexibility index (Phi) is 5.80. The number of amides is 1. The number of ether oxygens (including phenoxy) is 1. The van der Waals surface area contributed by atoms with Gasteiger partial charge in [-0.25, -0.2) is 13.2 Å². The van der Waals surface area contributed by atoms with Crippen molar-refractivity contribution in [2.45, 2.75) is 38.8 Å². The van der Waals surface area contributed by atoms with Crippen molar-refractivity contribution in [3.05, 3.63) is 47.2 Å². The third kappa shape index (κ3) is 4.04. The van der Waals surface area contributed by atoms with Crippen LogP contribution in [0.4, 0.5) is 24.7 Å². The zero-order valence-electron chi connectivity index (χ0n) is 18.9. The molecule has 1 N–H and O–H groups in total. The zero-order chi connectivity index (χ0) is 24.0. The molecule has 0 bridgehead atoms. The molecule has 2 aliphatic heterocycles. The average molecular weight is 474 g/mol. The van der Waals surface area contributed by atoms with Gasteiger partial charge in [0.15, 0.2) is 5.82 Å². The van der Waals surface area contributed by atoms with Gasteiger partial charge < -0.3 is 15.0 Å². The first-order valence-corrected chi connectivity index (χ1v) is 11.1. The van der Waals surface area contributed by atoms with Crippen LogP contribution in [0.2, 0.25) is 0 Å². The average Bonchev–Trinajstić information content (AvgIpc) is 3.53. The van der Waals surface area contributed by atoms with E-state index in [1.54, 1.807) is 18.0 Å². The largest absolute Gasteiger partial charge is 0.379 e. The molecule has 0 saturated carbocycles. The Hall–Kier alpha value is -3.34. The van der Waals surface area contributed by atoms with Crippen molar-refractivity contribution in [1.29, 1.82) is 0 Å². The van der Waals surface area contributed by atoms with Crippen LogP contribution in [0.3, 0.4) is 0 Å². The van der Waals surface area contributed by atoms with Crippen LogP contribution < -0.4 is 5.32 Å². The van der Waals surface area contributed by atoms with Gasteiger partial charge in [-0.2, -0.15) is 10.2 Å². The molecule has 1 fully saturated rings. The SMILES string of the molecule is CC(=O)N1CCc2c(c(Nc3ccc(-c4cn(C)nc4C(F)F)cc3F)nn2C2CCOC2)C1. The van der Waals surface area contributed by atoms with Crippen LogP contribution in [0.1, 0.15) is 42.8 Å². The lowest BCUT2D eigenvalue weighted by molar-refractivity contribution is -0.129. The van der Waals surface area contributed by atoms with Crippen molar-refractivity contribution < 1.29 is 22.7 Å². The Balaban J connectivity index is 1.48. The molecular formula is C23H25F3N6O2. The number of hydrogen-bond acceptors (Lipinski definition) is 5. The van der Waals surface area contributed by atoms with Crippen LogP contribution in [0, 0.1) is 5.82 Å². The summed E-state index contributed by atoms with van der Waals surface area (Å²) in [5.74, 6) is -0.155. The van der Waals surface area contributed by atoms with Crippen LogP contribution in [0.25, 0.3) is 11.1 Å². The molecule has 0 aliphatic carbocycles. The standard InChI is InChI=1S/C23H25F3N6O2/c1-13(33)31-7-5-20-17(11-31)23(29-32(20)15-6-8-34-12-15)27-19-4-3-14(9-18(19)24)16-10-30(2)28-21(16)22(25)26/h3-4,9-10,15,22H,5-8,11-12H2,1-2H3,(H,27,29). The molecule has 8 nitrogen and oxygen atoms in total. The van der Waals surface area contributed by atoms with Gasteiger partial charge in [-0.3, -0.25) is 14.2 Å². The van der Waals surface area contributed by atoms with E-state index in [0.717, 1.165) is 17.7 Å². The molecule has 1 amide bonds. The molecule has 11 heteroatoms. The highest BCUT2D eigenvalue weighted by atomic mass is 19.3. The molecule has 1 atom stereocenters. The van der Waals surface area contributed by atoms with Crippen LogP contribution >= 0.6 is 0 Å². The number of carbonyl (C=O) groups excluding carboxylic acids is 1. The molecule has 34 heavy (non-hydrogen) atoms. The molecular weight excluding hydrogens is 449 g/mol. The summed E-state index contributed by atoms with van der Waals surface area (Å²) in [6.07, 6.45) is 0.168. The number of carbonyl (C=O) groups is 1. The quantitative estimate of drug-likeness (QED) is 0.606. The van der Waals surface area contributed by atoms with Gasteiger partial charge in [0.25, 0.3) is 6.43 Å². The van der Waals surface area contributed by atoms with Crippen molar-refractivity contribution in [2.75, 3.05) is 25.1 Å². The van der Waals surface area contributed by atoms with E-state index in [-0.39, 0.29) is 23.2 Å². The van der Waals surface area contributed by atoms with Crippen molar-refractivity contribution in [2.24, 2.45) is 7.05 Å². The number of aromatic nitrogens is 4. The summed E-state index contributed by atoms with van der Waals surface area (Å²) in [5.41, 5.74) is 2.14. The fraction of sp³-hybridized carbons (Fsp3) is 0.435. The molecule has 4 heterocycles. The number of fused-ring (bicyclic) bond motifs is 1. The van der Waals surface area contributed by atoms with Gasteiger partial charge in [-0.15, -0.1) is 0 Å². The van der Waals surface area contributed by atoms with E-state index in [9.17, 15) is 13.6 Å². The van der Waals surface area contributed by atoms with E-state index in [0.29, 0.717) is 44.1 Å². The number of benzene rings is 1. The molecule has 0 radical (unpaired) electrons. The number of alkyl halides is 2. The van der Waals surface area contributed by atoms with E-state index in [4.69, 9.17) is 9.84 Å². The van der Waals surface area contributed by atoms with Gasteiger partial charge >= 0.3 is 0 Å². The van der Waals surface area contributed by atoms with Crippen molar-refractivity contribution >= 4 is 17.4 Å². The fourth-order valence-corrected chi connectivity index (χ4v) is 4.63.